The van der Waals surface area contributed by atoms with Crippen molar-refractivity contribution in [3.05, 3.63) is 41.5 Å². The van der Waals surface area contributed by atoms with Crippen molar-refractivity contribution in [1.82, 2.24) is 0 Å². The molecular formula is C10H12N+. The van der Waals surface area contributed by atoms with Crippen molar-refractivity contribution < 1.29 is 1.43 Å². The molecule has 0 aliphatic heterocycles. The van der Waals surface area contributed by atoms with Gasteiger partial charge in [0, 0.05) is 6.21 Å². The third-order valence-corrected chi connectivity index (χ3v) is 1.56. The maximum Gasteiger partial charge on any atom is 1.00 e. The number of hydrogen-bond acceptors (Lipinski definition) is 1. The highest BCUT2D eigenvalue weighted by atomic mass is 14.3. The van der Waals surface area contributed by atoms with Crippen LogP contribution in [0.5, 0.6) is 0 Å². The summed E-state index contributed by atoms with van der Waals surface area (Å²) in [4.78, 5) is 0. The summed E-state index contributed by atoms with van der Waals surface area (Å²) < 4.78 is 0. The van der Waals surface area contributed by atoms with Gasteiger partial charge in [0.05, 0.1) is 0 Å². The van der Waals surface area contributed by atoms with Crippen molar-refractivity contribution in [2.75, 3.05) is 0 Å². The van der Waals surface area contributed by atoms with Gasteiger partial charge in [0.2, 0.25) is 0 Å². The average molecular weight is 146 g/mol. The first kappa shape index (κ1) is 7.73. The van der Waals surface area contributed by atoms with Gasteiger partial charge in [-0.2, -0.15) is 0 Å². The summed E-state index contributed by atoms with van der Waals surface area (Å²) in [5.74, 6) is 0. The van der Waals surface area contributed by atoms with Crippen LogP contribution in [0.25, 0.3) is 6.08 Å². The van der Waals surface area contributed by atoms with Crippen LogP contribution in [0.3, 0.4) is 0 Å². The average Bonchev–Trinajstić information content (AvgIpc) is 2.03. The minimum absolute atomic E-state index is 0. The fraction of sp³-hybridized carbons (Fsp3) is 0.100. The number of allylic oxidation sites excluding steroid dienone is 1. The molecule has 0 atom stereocenters. The van der Waals surface area contributed by atoms with Crippen molar-refractivity contribution in [3.63, 3.8) is 0 Å². The monoisotopic (exact) mass is 146 g/mol. The molecule has 0 unspecified atom stereocenters. The summed E-state index contributed by atoms with van der Waals surface area (Å²) >= 11 is 0. The summed E-state index contributed by atoms with van der Waals surface area (Å²) in [6.45, 7) is 2.06. The van der Waals surface area contributed by atoms with E-state index in [1.165, 1.54) is 17.3 Å². The summed E-state index contributed by atoms with van der Waals surface area (Å²) in [6.07, 6.45) is 4.94. The van der Waals surface area contributed by atoms with Gasteiger partial charge in [0.25, 0.3) is 0 Å². The highest BCUT2D eigenvalue weighted by Gasteiger charge is 1.88. The quantitative estimate of drug-likeness (QED) is 0.620. The molecule has 1 rings (SSSR count). The smallest absolute Gasteiger partial charge is 0.309 e. The van der Waals surface area contributed by atoms with Crippen LogP contribution in [-0.4, -0.2) is 6.21 Å². The molecule has 0 saturated heterocycles. The Kier molecular flexibility index (Phi) is 2.61. The molecule has 56 valence electrons. The highest BCUT2D eigenvalue weighted by Crippen LogP contribution is 2.07. The predicted molar refractivity (Wildman–Crippen MR) is 50.1 cm³/mol. The second-order valence-electron chi connectivity index (χ2n) is 2.38. The zero-order valence-corrected chi connectivity index (χ0v) is 6.54. The van der Waals surface area contributed by atoms with Crippen molar-refractivity contribution in [2.24, 2.45) is 0 Å². The predicted octanol–water partition coefficient (Wildman–Crippen LogP) is 2.77. The van der Waals surface area contributed by atoms with Gasteiger partial charge >= 0.3 is 1.43 Å². The minimum Gasteiger partial charge on any atom is -0.309 e. The molecule has 0 spiro atoms. The molecule has 0 saturated carbocycles. The first-order valence-corrected chi connectivity index (χ1v) is 3.57. The van der Waals surface area contributed by atoms with Crippen molar-refractivity contribution in [3.8, 4) is 0 Å². The van der Waals surface area contributed by atoms with Crippen LogP contribution in [0, 0.1) is 12.3 Å². The molecule has 0 aliphatic carbocycles. The molecule has 0 amide bonds. The molecule has 0 radical (unpaired) electrons. The molecule has 1 N–H and O–H groups in total. The van der Waals surface area contributed by atoms with Crippen LogP contribution < -0.4 is 0 Å². The van der Waals surface area contributed by atoms with Crippen LogP contribution in [0.2, 0.25) is 0 Å². The summed E-state index contributed by atoms with van der Waals surface area (Å²) in [6, 6.07) is 8.10. The third-order valence-electron chi connectivity index (χ3n) is 1.56. The van der Waals surface area contributed by atoms with E-state index < -0.39 is 0 Å². The molecule has 0 aliphatic rings. The van der Waals surface area contributed by atoms with E-state index in [9.17, 15) is 0 Å². The van der Waals surface area contributed by atoms with Gasteiger partial charge in [-0.05, 0) is 24.1 Å². The topological polar surface area (TPSA) is 23.9 Å². The first-order valence-electron chi connectivity index (χ1n) is 3.57. The molecule has 11 heavy (non-hydrogen) atoms. The normalized spacial score (nSPS) is 10.3. The minimum atomic E-state index is 0. The molecule has 1 aromatic carbocycles. The van der Waals surface area contributed by atoms with Crippen LogP contribution in [0.4, 0.5) is 0 Å². The second kappa shape index (κ2) is 3.71. The van der Waals surface area contributed by atoms with Crippen molar-refractivity contribution >= 4 is 12.3 Å². The maximum atomic E-state index is 6.81. The largest absolute Gasteiger partial charge is 1.00 e. The standard InChI is InChI=1S/C10H11N/c1-9-5-2-3-6-10(9)7-4-8-11/h2-8,11H,1H3/p+1/b7-4+,11-8?. The molecule has 0 fully saturated rings. The van der Waals surface area contributed by atoms with Crippen LogP contribution in [0.15, 0.2) is 30.3 Å². The molecular weight excluding hydrogens is 134 g/mol. The lowest BCUT2D eigenvalue weighted by Gasteiger charge is -1.96. The Bertz CT molecular complexity index is 279. The Morgan fingerprint density at radius 3 is 2.73 bits per heavy atom. The van der Waals surface area contributed by atoms with Gasteiger partial charge < -0.3 is 5.41 Å². The number of rotatable bonds is 2. The van der Waals surface area contributed by atoms with Crippen molar-refractivity contribution in [1.29, 1.82) is 5.41 Å². The first-order chi connectivity index (χ1) is 5.34. The SMILES string of the molecule is Cc1ccccc1/C=C/C=N.[H+]. The van der Waals surface area contributed by atoms with Crippen molar-refractivity contribution in [2.45, 2.75) is 6.92 Å². The van der Waals surface area contributed by atoms with E-state index in [1.54, 1.807) is 6.08 Å². The van der Waals surface area contributed by atoms with E-state index in [2.05, 4.69) is 13.0 Å². The highest BCUT2D eigenvalue weighted by molar-refractivity contribution is 5.76. The fourth-order valence-electron chi connectivity index (χ4n) is 0.926. The Hall–Kier alpha value is -1.37. The molecule has 1 nitrogen and oxygen atoms in total. The zero-order valence-electron chi connectivity index (χ0n) is 7.54. The Balaban J connectivity index is 0.00000121. The molecule has 0 aromatic heterocycles. The third kappa shape index (κ3) is 2.04. The fourth-order valence-corrected chi connectivity index (χ4v) is 0.926. The van der Waals surface area contributed by atoms with Gasteiger partial charge in [-0.15, -0.1) is 0 Å². The van der Waals surface area contributed by atoms with E-state index in [0.717, 1.165) is 0 Å². The van der Waals surface area contributed by atoms with Gasteiger partial charge in [-0.3, -0.25) is 0 Å². The van der Waals surface area contributed by atoms with E-state index >= 15 is 0 Å². The van der Waals surface area contributed by atoms with E-state index in [-0.39, 0.29) is 1.43 Å². The lowest BCUT2D eigenvalue weighted by atomic mass is 10.1. The Morgan fingerprint density at radius 1 is 1.36 bits per heavy atom. The Labute approximate surface area is 68.4 Å². The van der Waals surface area contributed by atoms with E-state index in [1.807, 2.05) is 24.3 Å². The maximum absolute atomic E-state index is 6.81. The van der Waals surface area contributed by atoms with Gasteiger partial charge in [0.15, 0.2) is 0 Å². The molecule has 0 bridgehead atoms. The number of nitrogens with one attached hydrogen (secondary N) is 1. The lowest BCUT2D eigenvalue weighted by molar-refractivity contribution is 1.44. The molecule has 1 heteroatoms. The molecule has 1 aromatic rings. The Morgan fingerprint density at radius 2 is 2.09 bits per heavy atom. The zero-order chi connectivity index (χ0) is 8.10. The summed E-state index contributed by atoms with van der Waals surface area (Å²) in [5.41, 5.74) is 2.42. The van der Waals surface area contributed by atoms with E-state index in [4.69, 9.17) is 5.41 Å². The van der Waals surface area contributed by atoms with Crippen LogP contribution in [0.1, 0.15) is 12.6 Å². The van der Waals surface area contributed by atoms with Crippen LogP contribution in [-0.2, 0) is 0 Å². The number of benzene rings is 1. The van der Waals surface area contributed by atoms with Gasteiger partial charge in [0.1, 0.15) is 0 Å². The summed E-state index contributed by atoms with van der Waals surface area (Å²) in [5, 5.41) is 6.81. The number of aryl methyl sites for hydroxylation is 1. The second-order valence-corrected chi connectivity index (χ2v) is 2.38. The van der Waals surface area contributed by atoms with Gasteiger partial charge in [-0.1, -0.05) is 30.3 Å². The summed E-state index contributed by atoms with van der Waals surface area (Å²) in [7, 11) is 0. The molecule has 0 heterocycles. The lowest BCUT2D eigenvalue weighted by Crippen LogP contribution is -1.77. The van der Waals surface area contributed by atoms with E-state index in [0.29, 0.717) is 0 Å². The number of hydrogen-bond donors (Lipinski definition) is 1. The van der Waals surface area contributed by atoms with Gasteiger partial charge in [-0.25, -0.2) is 0 Å². The van der Waals surface area contributed by atoms with Crippen LogP contribution >= 0.6 is 0 Å².